The van der Waals surface area contributed by atoms with E-state index in [2.05, 4.69) is 39.0 Å². The van der Waals surface area contributed by atoms with Crippen LogP contribution in [0.4, 0.5) is 27.6 Å². The highest BCUT2D eigenvalue weighted by Crippen LogP contribution is 2.40. The number of carboxylic acid groups (broad SMARTS) is 1. The van der Waals surface area contributed by atoms with Crippen molar-refractivity contribution >= 4 is 11.7 Å². The molecule has 2 N–H and O–H groups in total. The van der Waals surface area contributed by atoms with Gasteiger partial charge in [0.15, 0.2) is 18.1 Å². The summed E-state index contributed by atoms with van der Waals surface area (Å²) in [5, 5.41) is 16.6. The summed E-state index contributed by atoms with van der Waals surface area (Å²) in [5.74, 6) is -2.52. The van der Waals surface area contributed by atoms with E-state index in [1.807, 2.05) is 6.92 Å². The zero-order chi connectivity index (χ0) is 32.4. The first-order valence-electron chi connectivity index (χ1n) is 15.3. The van der Waals surface area contributed by atoms with E-state index in [1.54, 1.807) is 0 Å². The van der Waals surface area contributed by atoms with Crippen LogP contribution >= 0.6 is 0 Å². The smallest absolute Gasteiger partial charge is 0.422 e. The van der Waals surface area contributed by atoms with E-state index in [4.69, 9.17) is 9.63 Å². The molecule has 1 aliphatic heterocycles. The maximum atomic E-state index is 12.8. The molecule has 1 saturated heterocycles. The van der Waals surface area contributed by atoms with E-state index in [9.17, 15) is 26.7 Å². The first-order chi connectivity index (χ1) is 20.7. The number of ether oxygens (including phenoxy) is 1. The van der Waals surface area contributed by atoms with E-state index in [1.165, 1.54) is 64.2 Å². The molecule has 2 aromatic heterocycles. The minimum absolute atomic E-state index is 0.102. The average molecular weight is 634 g/mol. The summed E-state index contributed by atoms with van der Waals surface area (Å²) in [6.07, 6.45) is 11.0. The maximum Gasteiger partial charge on any atom is 0.422 e. The minimum atomic E-state index is -4.64. The van der Waals surface area contributed by atoms with Crippen molar-refractivity contribution in [3.63, 3.8) is 0 Å². The summed E-state index contributed by atoms with van der Waals surface area (Å²) >= 11 is 0. The molecule has 3 heterocycles. The Bertz CT molecular complexity index is 1180. The number of nitrogens with one attached hydrogen (secondary N) is 1. The summed E-state index contributed by atoms with van der Waals surface area (Å²) in [7, 11) is 0. The molecule has 0 unspecified atom stereocenters. The van der Waals surface area contributed by atoms with Crippen LogP contribution < -0.4 is 15.0 Å². The Balaban J connectivity index is 0.000000241. The molecule has 1 atom stereocenters. The lowest BCUT2D eigenvalue weighted by Crippen LogP contribution is -2.56. The van der Waals surface area contributed by atoms with Gasteiger partial charge in [-0.15, -0.1) is 0 Å². The monoisotopic (exact) mass is 633 g/mol. The number of hydrogen-bond acceptors (Lipinski definition) is 8. The molecule has 0 spiro atoms. The number of nitrogens with zero attached hydrogens (tertiary/aromatic N) is 4. The number of carbonyl (C=O) groups is 1. The number of carboxylic acids is 1. The number of aromatic carboxylic acids is 1. The summed E-state index contributed by atoms with van der Waals surface area (Å²) in [5.41, 5.74) is -0.765. The normalized spacial score (nSPS) is 17.3. The zero-order valence-corrected chi connectivity index (χ0v) is 25.7. The van der Waals surface area contributed by atoms with Crippen LogP contribution in [0.5, 0.6) is 5.75 Å². The Morgan fingerprint density at radius 1 is 1.14 bits per heavy atom. The van der Waals surface area contributed by atoms with Gasteiger partial charge in [-0.25, -0.2) is 18.6 Å². The third kappa shape index (κ3) is 11.8. The van der Waals surface area contributed by atoms with Crippen LogP contribution in [-0.2, 0) is 5.54 Å². The Kier molecular flexibility index (Phi) is 12.7. The molecule has 1 saturated carbocycles. The molecule has 4 rings (SSSR count). The number of rotatable bonds is 17. The number of hydrogen-bond donors (Lipinski definition) is 2. The number of pyridine rings is 1. The number of unbranched alkanes of at least 4 members (excludes halogenated alkanes) is 7. The molecule has 0 aromatic carbocycles. The number of aromatic nitrogens is 3. The van der Waals surface area contributed by atoms with Crippen LogP contribution in [0.3, 0.4) is 0 Å². The predicted octanol–water partition coefficient (Wildman–Crippen LogP) is 7.30. The van der Waals surface area contributed by atoms with Gasteiger partial charge in [0, 0.05) is 13.0 Å². The van der Waals surface area contributed by atoms with Gasteiger partial charge in [-0.3, -0.25) is 0 Å². The van der Waals surface area contributed by atoms with Crippen LogP contribution in [0.25, 0.3) is 0 Å². The Morgan fingerprint density at radius 3 is 2.30 bits per heavy atom. The average Bonchev–Trinajstić information content (AvgIpc) is 3.63. The fraction of sp³-hybridized carbons (Fsp3) is 0.733. The van der Waals surface area contributed by atoms with Crippen molar-refractivity contribution in [2.24, 2.45) is 5.92 Å². The van der Waals surface area contributed by atoms with E-state index in [0.29, 0.717) is 5.89 Å². The number of aryl methyl sites for hydroxylation is 1. The number of anilines is 1. The van der Waals surface area contributed by atoms with E-state index in [-0.39, 0.29) is 11.2 Å². The van der Waals surface area contributed by atoms with Crippen LogP contribution in [0, 0.1) is 12.8 Å². The molecule has 2 fully saturated rings. The van der Waals surface area contributed by atoms with Gasteiger partial charge in [0.25, 0.3) is 5.92 Å². The van der Waals surface area contributed by atoms with Crippen molar-refractivity contribution in [2.45, 2.75) is 109 Å². The van der Waals surface area contributed by atoms with Crippen LogP contribution in [-0.4, -0.2) is 64.5 Å². The van der Waals surface area contributed by atoms with Crippen molar-refractivity contribution in [1.29, 1.82) is 0 Å². The Labute approximate surface area is 254 Å². The van der Waals surface area contributed by atoms with Crippen molar-refractivity contribution in [1.82, 2.24) is 20.4 Å². The highest BCUT2D eigenvalue weighted by Gasteiger charge is 2.45. The maximum absolute atomic E-state index is 12.8. The molecular formula is C30H44F5N5O4. The molecule has 14 heteroatoms. The Morgan fingerprint density at radius 2 is 1.77 bits per heavy atom. The van der Waals surface area contributed by atoms with Crippen molar-refractivity contribution in [3.05, 3.63) is 29.7 Å². The molecule has 1 aliphatic carbocycles. The fourth-order valence-corrected chi connectivity index (χ4v) is 5.03. The van der Waals surface area contributed by atoms with E-state index in [0.717, 1.165) is 41.9 Å². The summed E-state index contributed by atoms with van der Waals surface area (Å²) in [4.78, 5) is 19.8. The highest BCUT2D eigenvalue weighted by molar-refractivity contribution is 5.86. The van der Waals surface area contributed by atoms with Gasteiger partial charge in [0.1, 0.15) is 5.75 Å². The third-order valence-electron chi connectivity index (χ3n) is 7.60. The fourth-order valence-electron chi connectivity index (χ4n) is 5.03. The van der Waals surface area contributed by atoms with Crippen LogP contribution in [0.2, 0.25) is 0 Å². The lowest BCUT2D eigenvalue weighted by atomic mass is 9.93. The predicted molar refractivity (Wildman–Crippen MR) is 154 cm³/mol. The van der Waals surface area contributed by atoms with Gasteiger partial charge in [-0.05, 0) is 32.2 Å². The first kappa shape index (κ1) is 35.4. The summed E-state index contributed by atoms with van der Waals surface area (Å²) in [6.45, 7) is 4.38. The van der Waals surface area contributed by atoms with Gasteiger partial charge in [-0.2, -0.15) is 18.2 Å². The SMILES string of the molecule is CCCCCCCCCCN[C@](C)(CC1CC1)c1noc(C)n1.O=C(O)c1cc(OCC(F)(F)F)c(N2CC(F)(F)C2)cn1. The van der Waals surface area contributed by atoms with E-state index >= 15 is 0 Å². The standard InChI is InChI=1S/C19H35N3O.C11H9F5N2O3/c1-4-5-6-7-8-9-10-11-14-20-19(3,15-17-12-13-17)18-21-16(2)23-22-18;12-10(13)3-18(4-10)7-2-17-6(9(19)20)1-8(7)21-5-11(14,15)16/h17,20H,4-15H2,1-3H3;1-2H,3-5H2,(H,19,20)/t19-;/m1./s1. The highest BCUT2D eigenvalue weighted by atomic mass is 19.4. The second-order valence-corrected chi connectivity index (χ2v) is 12.0. The molecule has 0 bridgehead atoms. The molecule has 248 valence electrons. The summed E-state index contributed by atoms with van der Waals surface area (Å²) in [6, 6.07) is 0.778. The first-order valence-corrected chi connectivity index (χ1v) is 15.3. The molecule has 44 heavy (non-hydrogen) atoms. The largest absolute Gasteiger partial charge is 0.482 e. The lowest BCUT2D eigenvalue weighted by Gasteiger charge is -2.40. The van der Waals surface area contributed by atoms with E-state index < -0.39 is 49.2 Å². The minimum Gasteiger partial charge on any atom is -0.482 e. The molecule has 2 aromatic rings. The van der Waals surface area contributed by atoms with Crippen molar-refractivity contribution in [3.8, 4) is 5.75 Å². The molecule has 9 nitrogen and oxygen atoms in total. The third-order valence-corrected chi connectivity index (χ3v) is 7.60. The van der Waals surface area contributed by atoms with Gasteiger partial charge in [0.05, 0.1) is 30.5 Å². The van der Waals surface area contributed by atoms with Gasteiger partial charge in [-0.1, -0.05) is 69.9 Å². The number of alkyl halides is 5. The topological polar surface area (TPSA) is 114 Å². The molecule has 2 aliphatic rings. The quantitative estimate of drug-likeness (QED) is 0.137. The van der Waals surface area contributed by atoms with Crippen molar-refractivity contribution in [2.75, 3.05) is 31.1 Å². The van der Waals surface area contributed by atoms with Crippen LogP contribution in [0.1, 0.15) is 107 Å². The summed E-state index contributed by atoms with van der Waals surface area (Å²) < 4.78 is 71.8. The van der Waals surface area contributed by atoms with Gasteiger partial charge in [0.2, 0.25) is 5.89 Å². The zero-order valence-electron chi connectivity index (χ0n) is 25.7. The second kappa shape index (κ2) is 15.8. The molecule has 0 amide bonds. The Hall–Kier alpha value is -3.03. The van der Waals surface area contributed by atoms with Gasteiger partial charge >= 0.3 is 12.1 Å². The lowest BCUT2D eigenvalue weighted by molar-refractivity contribution is -0.153. The molecular weight excluding hydrogens is 589 g/mol. The second-order valence-electron chi connectivity index (χ2n) is 12.0. The number of halogens is 5. The molecule has 0 radical (unpaired) electrons. The van der Waals surface area contributed by atoms with Crippen molar-refractivity contribution < 1.29 is 41.1 Å². The van der Waals surface area contributed by atoms with Gasteiger partial charge < -0.3 is 24.6 Å². The van der Waals surface area contributed by atoms with Crippen LogP contribution in [0.15, 0.2) is 16.8 Å².